The molecule has 2 rings (SSSR count). The van der Waals surface area contributed by atoms with E-state index in [4.69, 9.17) is 10.5 Å². The Labute approximate surface area is 121 Å². The number of carbonyl (C=O) groups is 1. The van der Waals surface area contributed by atoms with Crippen LogP contribution in [0.5, 0.6) is 0 Å². The second kappa shape index (κ2) is 5.96. The van der Waals surface area contributed by atoms with Crippen LogP contribution < -0.4 is 5.73 Å². The van der Waals surface area contributed by atoms with E-state index in [0.29, 0.717) is 0 Å². The number of anilines is 1. The summed E-state index contributed by atoms with van der Waals surface area (Å²) in [5.74, 6) is -1.72. The molecular weight excluding hydrogens is 303 g/mol. The van der Waals surface area contributed by atoms with E-state index in [1.165, 1.54) is 6.07 Å². The molecule has 0 bridgehead atoms. The van der Waals surface area contributed by atoms with Gasteiger partial charge in [-0.05, 0) is 18.2 Å². The van der Waals surface area contributed by atoms with Gasteiger partial charge in [0.2, 0.25) is 10.0 Å². The number of carbonyl (C=O) groups excluding carboxylic acids is 1. The smallest absolute Gasteiger partial charge is 0.326 e. The van der Waals surface area contributed by atoms with Gasteiger partial charge in [-0.15, -0.1) is 0 Å². The average molecular weight is 318 g/mol. The van der Waals surface area contributed by atoms with E-state index in [9.17, 15) is 17.6 Å². The maximum Gasteiger partial charge on any atom is 0.326 e. The maximum atomic E-state index is 13.9. The third-order valence-electron chi connectivity index (χ3n) is 3.10. The highest BCUT2D eigenvalue weighted by Gasteiger charge is 2.40. The molecule has 1 heterocycles. The van der Waals surface area contributed by atoms with Gasteiger partial charge in [0.05, 0.1) is 20.3 Å². The van der Waals surface area contributed by atoms with Crippen LogP contribution in [0.1, 0.15) is 0 Å². The SMILES string of the molecule is COC(=O)C1COCCN1S(=O)(=O)c1ccc(N)cc1F. The molecule has 1 unspecified atom stereocenters. The van der Waals surface area contributed by atoms with Gasteiger partial charge in [-0.3, -0.25) is 4.79 Å². The van der Waals surface area contributed by atoms with Gasteiger partial charge >= 0.3 is 5.97 Å². The third kappa shape index (κ3) is 2.99. The van der Waals surface area contributed by atoms with Gasteiger partial charge in [0, 0.05) is 12.2 Å². The van der Waals surface area contributed by atoms with Crippen molar-refractivity contribution >= 4 is 21.7 Å². The summed E-state index contributed by atoms with van der Waals surface area (Å²) in [5.41, 5.74) is 5.51. The fraction of sp³-hybridized carbons (Fsp3) is 0.417. The number of halogens is 1. The molecule has 1 atom stereocenters. The summed E-state index contributed by atoms with van der Waals surface area (Å²) in [6.45, 7) is -0.0856. The lowest BCUT2D eigenvalue weighted by molar-refractivity contribution is -0.149. The normalized spacial score (nSPS) is 20.2. The fourth-order valence-electron chi connectivity index (χ4n) is 2.05. The van der Waals surface area contributed by atoms with Gasteiger partial charge in [-0.1, -0.05) is 0 Å². The number of sulfonamides is 1. The number of nitrogen functional groups attached to an aromatic ring is 1. The van der Waals surface area contributed by atoms with E-state index in [1.807, 2.05) is 0 Å². The van der Waals surface area contributed by atoms with Crippen molar-refractivity contribution in [1.82, 2.24) is 4.31 Å². The lowest BCUT2D eigenvalue weighted by Crippen LogP contribution is -2.52. The summed E-state index contributed by atoms with van der Waals surface area (Å²) in [4.78, 5) is 11.1. The third-order valence-corrected chi connectivity index (χ3v) is 5.04. The van der Waals surface area contributed by atoms with Crippen LogP contribution in [-0.2, 0) is 24.3 Å². The summed E-state index contributed by atoms with van der Waals surface area (Å²) in [5, 5.41) is 0. The Hall–Kier alpha value is -1.71. The topological polar surface area (TPSA) is 98.9 Å². The zero-order valence-electron chi connectivity index (χ0n) is 11.3. The molecule has 1 aromatic carbocycles. The lowest BCUT2D eigenvalue weighted by Gasteiger charge is -2.32. The van der Waals surface area contributed by atoms with Crippen LogP contribution in [0, 0.1) is 5.82 Å². The van der Waals surface area contributed by atoms with Crippen LogP contribution in [-0.4, -0.2) is 51.6 Å². The summed E-state index contributed by atoms with van der Waals surface area (Å²) < 4.78 is 49.5. The van der Waals surface area contributed by atoms with Gasteiger partial charge in [0.1, 0.15) is 16.8 Å². The Bertz CT molecular complexity index is 649. The first kappa shape index (κ1) is 15.7. The van der Waals surface area contributed by atoms with Crippen LogP contribution in [0.4, 0.5) is 10.1 Å². The van der Waals surface area contributed by atoms with E-state index in [0.717, 1.165) is 23.5 Å². The molecule has 1 aliphatic heterocycles. The molecule has 1 aromatic rings. The molecule has 116 valence electrons. The number of nitrogens with zero attached hydrogens (tertiary/aromatic N) is 1. The monoisotopic (exact) mass is 318 g/mol. The molecule has 0 radical (unpaired) electrons. The standard InChI is InChI=1S/C12H15FN2O5S/c1-19-12(16)10-7-20-5-4-15(10)21(17,18)11-3-2-8(14)6-9(11)13/h2-3,6,10H,4-5,7,14H2,1H3. The zero-order valence-corrected chi connectivity index (χ0v) is 12.1. The highest BCUT2D eigenvalue weighted by Crippen LogP contribution is 2.24. The molecule has 0 aliphatic carbocycles. The minimum absolute atomic E-state index is 0.0636. The number of morpholine rings is 1. The van der Waals surface area contributed by atoms with Crippen LogP contribution >= 0.6 is 0 Å². The molecule has 7 nitrogen and oxygen atoms in total. The second-order valence-electron chi connectivity index (χ2n) is 4.42. The molecule has 0 saturated carbocycles. The van der Waals surface area contributed by atoms with Crippen LogP contribution in [0.25, 0.3) is 0 Å². The Morgan fingerprint density at radius 1 is 1.52 bits per heavy atom. The van der Waals surface area contributed by atoms with Gasteiger partial charge in [0.15, 0.2) is 0 Å². The molecule has 1 fully saturated rings. The van der Waals surface area contributed by atoms with Crippen LogP contribution in [0.3, 0.4) is 0 Å². The van der Waals surface area contributed by atoms with Crippen molar-refractivity contribution in [1.29, 1.82) is 0 Å². The van der Waals surface area contributed by atoms with Crippen molar-refractivity contribution in [2.24, 2.45) is 0 Å². The minimum Gasteiger partial charge on any atom is -0.468 e. The van der Waals surface area contributed by atoms with E-state index >= 15 is 0 Å². The van der Waals surface area contributed by atoms with E-state index in [1.54, 1.807) is 0 Å². The van der Waals surface area contributed by atoms with E-state index in [-0.39, 0.29) is 25.4 Å². The fourth-order valence-corrected chi connectivity index (χ4v) is 3.65. The second-order valence-corrected chi connectivity index (χ2v) is 6.28. The van der Waals surface area contributed by atoms with Crippen LogP contribution in [0.2, 0.25) is 0 Å². The molecule has 21 heavy (non-hydrogen) atoms. The average Bonchev–Trinajstić information content (AvgIpc) is 2.46. The number of ether oxygens (including phenoxy) is 2. The van der Waals surface area contributed by atoms with Crippen molar-refractivity contribution < 1.29 is 27.1 Å². The first-order valence-corrected chi connectivity index (χ1v) is 7.54. The summed E-state index contributed by atoms with van der Waals surface area (Å²) >= 11 is 0. The Morgan fingerprint density at radius 2 is 2.24 bits per heavy atom. The number of benzene rings is 1. The quantitative estimate of drug-likeness (QED) is 0.621. The lowest BCUT2D eigenvalue weighted by atomic mass is 10.3. The highest BCUT2D eigenvalue weighted by molar-refractivity contribution is 7.89. The molecule has 1 aliphatic rings. The Morgan fingerprint density at radius 3 is 2.86 bits per heavy atom. The molecule has 0 amide bonds. The van der Waals surface area contributed by atoms with Gasteiger partial charge in [-0.2, -0.15) is 4.31 Å². The maximum absolute atomic E-state index is 13.9. The number of methoxy groups -OCH3 is 1. The molecule has 2 N–H and O–H groups in total. The predicted octanol–water partition coefficient (Wildman–Crippen LogP) is -0.0296. The van der Waals surface area contributed by atoms with Gasteiger partial charge < -0.3 is 15.2 Å². The van der Waals surface area contributed by atoms with Crippen molar-refractivity contribution in [2.45, 2.75) is 10.9 Å². The summed E-state index contributed by atoms with van der Waals surface area (Å²) in [7, 11) is -3.05. The van der Waals surface area contributed by atoms with Crippen LogP contribution in [0.15, 0.2) is 23.1 Å². The number of hydrogen-bond acceptors (Lipinski definition) is 6. The number of rotatable bonds is 3. The van der Waals surface area contributed by atoms with Crippen molar-refractivity contribution in [3.63, 3.8) is 0 Å². The van der Waals surface area contributed by atoms with E-state index in [2.05, 4.69) is 4.74 Å². The summed E-state index contributed by atoms with van der Waals surface area (Å²) in [6, 6.07) is 2.14. The van der Waals surface area contributed by atoms with Gasteiger partial charge in [-0.25, -0.2) is 12.8 Å². The molecule has 9 heteroatoms. The number of hydrogen-bond donors (Lipinski definition) is 1. The minimum atomic E-state index is -4.19. The largest absolute Gasteiger partial charge is 0.468 e. The van der Waals surface area contributed by atoms with Crippen molar-refractivity contribution in [3.05, 3.63) is 24.0 Å². The first-order chi connectivity index (χ1) is 9.87. The number of esters is 1. The predicted molar refractivity (Wildman–Crippen MR) is 71.3 cm³/mol. The molecule has 1 saturated heterocycles. The van der Waals surface area contributed by atoms with Crippen molar-refractivity contribution in [3.8, 4) is 0 Å². The first-order valence-electron chi connectivity index (χ1n) is 6.10. The Kier molecular flexibility index (Phi) is 4.45. The zero-order chi connectivity index (χ0) is 15.6. The Balaban J connectivity index is 2.43. The van der Waals surface area contributed by atoms with Crippen molar-refractivity contribution in [2.75, 3.05) is 32.6 Å². The highest BCUT2D eigenvalue weighted by atomic mass is 32.2. The molecular formula is C12H15FN2O5S. The van der Waals surface area contributed by atoms with E-state index < -0.39 is 32.7 Å². The van der Waals surface area contributed by atoms with Gasteiger partial charge in [0.25, 0.3) is 0 Å². The summed E-state index contributed by atoms with van der Waals surface area (Å²) in [6.07, 6.45) is 0. The number of nitrogens with two attached hydrogens (primary N) is 1. The molecule has 0 spiro atoms. The molecule has 0 aromatic heterocycles.